The van der Waals surface area contributed by atoms with Crippen LogP contribution in [-0.4, -0.2) is 55.6 Å². The monoisotopic (exact) mass is 283 g/mol. The summed E-state index contributed by atoms with van der Waals surface area (Å²) in [5, 5.41) is 4.36. The second kappa shape index (κ2) is 8.73. The van der Waals surface area contributed by atoms with Gasteiger partial charge in [-0.1, -0.05) is 0 Å². The third kappa shape index (κ3) is 9.29. The zero-order valence-electron chi connectivity index (χ0n) is 11.1. The second-order valence-electron chi connectivity index (χ2n) is 3.88. The first-order valence-electron chi connectivity index (χ1n) is 6.12. The highest BCUT2D eigenvalue weighted by atomic mass is 19.4. The zero-order valence-corrected chi connectivity index (χ0v) is 11.1. The van der Waals surface area contributed by atoms with Crippen molar-refractivity contribution in [2.45, 2.75) is 26.4 Å². The first kappa shape index (κ1) is 17.7. The SMILES string of the molecule is CCN(CC)C(=O)CCNC(=O)CNCC(F)(F)F. The highest BCUT2D eigenvalue weighted by molar-refractivity contribution is 5.80. The molecule has 0 rings (SSSR count). The van der Waals surface area contributed by atoms with Crippen LogP contribution in [0.1, 0.15) is 20.3 Å². The summed E-state index contributed by atoms with van der Waals surface area (Å²) in [6, 6.07) is 0. The molecule has 0 heterocycles. The fourth-order valence-corrected chi connectivity index (χ4v) is 1.42. The summed E-state index contributed by atoms with van der Waals surface area (Å²) in [5.41, 5.74) is 0. The summed E-state index contributed by atoms with van der Waals surface area (Å²) in [4.78, 5) is 24.3. The van der Waals surface area contributed by atoms with Crippen LogP contribution < -0.4 is 10.6 Å². The van der Waals surface area contributed by atoms with E-state index >= 15 is 0 Å². The fourth-order valence-electron chi connectivity index (χ4n) is 1.42. The van der Waals surface area contributed by atoms with Crippen molar-refractivity contribution in [1.82, 2.24) is 15.5 Å². The minimum Gasteiger partial charge on any atom is -0.354 e. The molecule has 0 aliphatic carbocycles. The molecular formula is C11H20F3N3O2. The van der Waals surface area contributed by atoms with Gasteiger partial charge < -0.3 is 15.5 Å². The molecule has 112 valence electrons. The molecule has 0 aromatic carbocycles. The number of alkyl halides is 3. The largest absolute Gasteiger partial charge is 0.401 e. The molecule has 0 aromatic rings. The van der Waals surface area contributed by atoms with Gasteiger partial charge in [0.05, 0.1) is 13.1 Å². The number of rotatable bonds is 8. The van der Waals surface area contributed by atoms with E-state index in [0.717, 1.165) is 0 Å². The highest BCUT2D eigenvalue weighted by Crippen LogP contribution is 2.11. The lowest BCUT2D eigenvalue weighted by Crippen LogP contribution is -2.40. The molecule has 8 heteroatoms. The fraction of sp³-hybridized carbons (Fsp3) is 0.818. The predicted molar refractivity (Wildman–Crippen MR) is 64.5 cm³/mol. The number of carbonyl (C=O) groups is 2. The maximum Gasteiger partial charge on any atom is 0.401 e. The van der Waals surface area contributed by atoms with E-state index in [9.17, 15) is 22.8 Å². The lowest BCUT2D eigenvalue weighted by Gasteiger charge is -2.18. The van der Waals surface area contributed by atoms with Crippen molar-refractivity contribution in [2.24, 2.45) is 0 Å². The Kier molecular flexibility index (Phi) is 8.13. The van der Waals surface area contributed by atoms with Crippen LogP contribution in [0.5, 0.6) is 0 Å². The maximum absolute atomic E-state index is 11.8. The topological polar surface area (TPSA) is 61.4 Å². The summed E-state index contributed by atoms with van der Waals surface area (Å²) in [6.07, 6.45) is -4.19. The summed E-state index contributed by atoms with van der Waals surface area (Å²) in [7, 11) is 0. The van der Waals surface area contributed by atoms with Gasteiger partial charge in [-0.15, -0.1) is 0 Å². The van der Waals surface area contributed by atoms with E-state index in [0.29, 0.717) is 13.1 Å². The molecule has 2 amide bonds. The van der Waals surface area contributed by atoms with Crippen molar-refractivity contribution < 1.29 is 22.8 Å². The van der Waals surface area contributed by atoms with Crippen LogP contribution in [0.15, 0.2) is 0 Å². The van der Waals surface area contributed by atoms with E-state index < -0.39 is 25.2 Å². The van der Waals surface area contributed by atoms with Gasteiger partial charge in [-0.3, -0.25) is 9.59 Å². The van der Waals surface area contributed by atoms with Crippen LogP contribution >= 0.6 is 0 Å². The molecule has 0 bridgehead atoms. The van der Waals surface area contributed by atoms with E-state index in [-0.39, 0.29) is 18.9 Å². The van der Waals surface area contributed by atoms with Crippen molar-refractivity contribution in [3.05, 3.63) is 0 Å². The Hall–Kier alpha value is -1.31. The summed E-state index contributed by atoms with van der Waals surface area (Å²) < 4.78 is 35.4. The van der Waals surface area contributed by atoms with Crippen LogP contribution in [0.25, 0.3) is 0 Å². The van der Waals surface area contributed by atoms with Gasteiger partial charge in [0.1, 0.15) is 0 Å². The molecule has 0 atom stereocenters. The van der Waals surface area contributed by atoms with Crippen molar-refractivity contribution in [3.8, 4) is 0 Å². The molecule has 0 saturated heterocycles. The van der Waals surface area contributed by atoms with Crippen LogP contribution in [0.4, 0.5) is 13.2 Å². The standard InChI is InChI=1S/C11H20F3N3O2/c1-3-17(4-2)10(19)5-6-16-9(18)7-15-8-11(12,13)14/h15H,3-8H2,1-2H3,(H,16,18). The average Bonchev–Trinajstić information content (AvgIpc) is 2.28. The normalized spacial score (nSPS) is 11.2. The predicted octanol–water partition coefficient (Wildman–Crippen LogP) is 0.513. The molecule has 5 nitrogen and oxygen atoms in total. The Labute approximate surface area is 110 Å². The molecule has 0 aromatic heterocycles. The number of nitrogens with one attached hydrogen (secondary N) is 2. The number of carbonyl (C=O) groups excluding carboxylic acids is 2. The van der Waals surface area contributed by atoms with E-state index in [1.807, 2.05) is 19.2 Å². The third-order valence-electron chi connectivity index (χ3n) is 2.39. The molecule has 0 fully saturated rings. The molecular weight excluding hydrogens is 263 g/mol. The molecule has 19 heavy (non-hydrogen) atoms. The summed E-state index contributed by atoms with van der Waals surface area (Å²) in [5.74, 6) is -0.648. The first-order chi connectivity index (χ1) is 8.80. The molecule has 0 radical (unpaired) electrons. The molecule has 0 aliphatic heterocycles. The van der Waals surface area contributed by atoms with Gasteiger partial charge in [0.2, 0.25) is 11.8 Å². The minimum absolute atomic E-state index is 0.0893. The third-order valence-corrected chi connectivity index (χ3v) is 2.39. The first-order valence-corrected chi connectivity index (χ1v) is 6.12. The van der Waals surface area contributed by atoms with Crippen molar-refractivity contribution >= 4 is 11.8 Å². The number of amides is 2. The van der Waals surface area contributed by atoms with E-state index in [1.54, 1.807) is 4.90 Å². The molecule has 0 saturated carbocycles. The van der Waals surface area contributed by atoms with Gasteiger partial charge in [-0.05, 0) is 13.8 Å². The van der Waals surface area contributed by atoms with Crippen LogP contribution in [0, 0.1) is 0 Å². The van der Waals surface area contributed by atoms with Crippen LogP contribution in [0.3, 0.4) is 0 Å². The maximum atomic E-state index is 11.8. The lowest BCUT2D eigenvalue weighted by molar-refractivity contribution is -0.130. The van der Waals surface area contributed by atoms with Gasteiger partial charge >= 0.3 is 6.18 Å². The lowest BCUT2D eigenvalue weighted by atomic mass is 10.3. The number of nitrogens with zero attached hydrogens (tertiary/aromatic N) is 1. The van der Waals surface area contributed by atoms with Crippen molar-refractivity contribution in [1.29, 1.82) is 0 Å². The molecule has 0 unspecified atom stereocenters. The Morgan fingerprint density at radius 3 is 2.21 bits per heavy atom. The molecule has 0 aliphatic rings. The average molecular weight is 283 g/mol. The molecule has 2 N–H and O–H groups in total. The molecule has 0 spiro atoms. The Morgan fingerprint density at radius 2 is 1.74 bits per heavy atom. The van der Waals surface area contributed by atoms with Gasteiger partial charge in [-0.25, -0.2) is 0 Å². The summed E-state index contributed by atoms with van der Waals surface area (Å²) in [6.45, 7) is 3.38. The van der Waals surface area contributed by atoms with Gasteiger partial charge in [0.15, 0.2) is 0 Å². The van der Waals surface area contributed by atoms with Gasteiger partial charge in [0.25, 0.3) is 0 Å². The zero-order chi connectivity index (χ0) is 14.9. The Balaban J connectivity index is 3.72. The second-order valence-corrected chi connectivity index (χ2v) is 3.88. The van der Waals surface area contributed by atoms with Crippen LogP contribution in [0.2, 0.25) is 0 Å². The van der Waals surface area contributed by atoms with E-state index in [1.165, 1.54) is 0 Å². The Bertz CT molecular complexity index is 291. The number of halogens is 3. The van der Waals surface area contributed by atoms with Gasteiger partial charge in [0, 0.05) is 26.1 Å². The van der Waals surface area contributed by atoms with E-state index in [4.69, 9.17) is 0 Å². The van der Waals surface area contributed by atoms with Crippen molar-refractivity contribution in [2.75, 3.05) is 32.7 Å². The van der Waals surface area contributed by atoms with Crippen LogP contribution in [-0.2, 0) is 9.59 Å². The van der Waals surface area contributed by atoms with E-state index in [2.05, 4.69) is 5.32 Å². The highest BCUT2D eigenvalue weighted by Gasteiger charge is 2.26. The minimum atomic E-state index is -4.33. The van der Waals surface area contributed by atoms with Gasteiger partial charge in [-0.2, -0.15) is 13.2 Å². The smallest absolute Gasteiger partial charge is 0.354 e. The Morgan fingerprint density at radius 1 is 1.16 bits per heavy atom. The quantitative estimate of drug-likeness (QED) is 0.682. The summed E-state index contributed by atoms with van der Waals surface area (Å²) >= 11 is 0. The number of hydrogen-bond acceptors (Lipinski definition) is 3. The number of hydrogen-bond donors (Lipinski definition) is 2. The van der Waals surface area contributed by atoms with Crippen molar-refractivity contribution in [3.63, 3.8) is 0 Å².